The second kappa shape index (κ2) is 6.53. The lowest BCUT2D eigenvalue weighted by Gasteiger charge is -2.32. The van der Waals surface area contributed by atoms with Gasteiger partial charge in [0.1, 0.15) is 9.84 Å². The lowest BCUT2D eigenvalue weighted by Crippen LogP contribution is -2.41. The van der Waals surface area contributed by atoms with E-state index in [9.17, 15) is 8.42 Å². The molecule has 0 saturated carbocycles. The van der Waals surface area contributed by atoms with Gasteiger partial charge in [-0.1, -0.05) is 51.1 Å². The fourth-order valence-corrected chi connectivity index (χ4v) is 3.01. The zero-order valence-electron chi connectivity index (χ0n) is 12.1. The molecule has 0 aliphatic heterocycles. The van der Waals surface area contributed by atoms with Crippen LogP contribution in [0.15, 0.2) is 30.3 Å². The fraction of sp³-hybridized carbons (Fsp3) is 0.600. The third-order valence-corrected chi connectivity index (χ3v) is 5.65. The highest BCUT2D eigenvalue weighted by Crippen LogP contribution is 2.28. The van der Waals surface area contributed by atoms with Gasteiger partial charge in [0.15, 0.2) is 0 Å². The zero-order valence-corrected chi connectivity index (χ0v) is 12.9. The Morgan fingerprint density at radius 3 is 2.32 bits per heavy atom. The molecular formula is C15H25NO2S. The molecular weight excluding hydrogens is 258 g/mol. The Kier molecular flexibility index (Phi) is 5.56. The number of benzene rings is 1. The molecule has 3 nitrogen and oxygen atoms in total. The highest BCUT2D eigenvalue weighted by molar-refractivity contribution is 7.91. The summed E-state index contributed by atoms with van der Waals surface area (Å²) in [6, 6.07) is 10.1. The number of sulfone groups is 1. The van der Waals surface area contributed by atoms with E-state index in [0.29, 0.717) is 6.42 Å². The lowest BCUT2D eigenvalue weighted by molar-refractivity contribution is 0.385. The van der Waals surface area contributed by atoms with Crippen molar-refractivity contribution in [2.45, 2.75) is 45.1 Å². The van der Waals surface area contributed by atoms with E-state index in [1.165, 1.54) is 5.56 Å². The fourth-order valence-electron chi connectivity index (χ4n) is 2.11. The molecule has 0 aliphatic carbocycles. The summed E-state index contributed by atoms with van der Waals surface area (Å²) in [5, 5.41) is 0. The van der Waals surface area contributed by atoms with Crippen molar-refractivity contribution in [1.82, 2.24) is 0 Å². The molecule has 1 aromatic carbocycles. The third-order valence-electron chi connectivity index (χ3n) is 3.86. The average molecular weight is 283 g/mol. The second-order valence-electron chi connectivity index (χ2n) is 5.57. The molecule has 0 aromatic heterocycles. The van der Waals surface area contributed by atoms with Crippen LogP contribution in [0.4, 0.5) is 0 Å². The van der Waals surface area contributed by atoms with Gasteiger partial charge in [-0.05, 0) is 18.4 Å². The van der Waals surface area contributed by atoms with Gasteiger partial charge in [-0.3, -0.25) is 0 Å². The van der Waals surface area contributed by atoms with Gasteiger partial charge in [0.25, 0.3) is 0 Å². The Morgan fingerprint density at radius 2 is 1.79 bits per heavy atom. The van der Waals surface area contributed by atoms with Gasteiger partial charge >= 0.3 is 0 Å². The van der Waals surface area contributed by atoms with Gasteiger partial charge in [0.05, 0.1) is 5.75 Å². The predicted octanol–water partition coefficient (Wildman–Crippen LogP) is 2.51. The van der Waals surface area contributed by atoms with Crippen LogP contribution in [-0.2, 0) is 15.3 Å². The molecule has 0 radical (unpaired) electrons. The average Bonchev–Trinajstić information content (AvgIpc) is 2.39. The van der Waals surface area contributed by atoms with E-state index in [1.54, 1.807) is 6.92 Å². The smallest absolute Gasteiger partial charge is 0.150 e. The monoisotopic (exact) mass is 283 g/mol. The maximum atomic E-state index is 11.5. The second-order valence-corrected chi connectivity index (χ2v) is 8.05. The highest BCUT2D eigenvalue weighted by Gasteiger charge is 2.28. The molecule has 0 aliphatic rings. The van der Waals surface area contributed by atoms with E-state index >= 15 is 0 Å². The molecule has 19 heavy (non-hydrogen) atoms. The van der Waals surface area contributed by atoms with Crippen molar-refractivity contribution in [3.05, 3.63) is 35.9 Å². The Labute approximate surface area is 117 Å². The maximum Gasteiger partial charge on any atom is 0.150 e. The van der Waals surface area contributed by atoms with Crippen molar-refractivity contribution < 1.29 is 8.42 Å². The first kappa shape index (κ1) is 16.2. The van der Waals surface area contributed by atoms with Gasteiger partial charge < -0.3 is 5.73 Å². The zero-order chi connectivity index (χ0) is 14.5. The van der Waals surface area contributed by atoms with Crippen molar-refractivity contribution in [1.29, 1.82) is 0 Å². The van der Waals surface area contributed by atoms with Crippen LogP contribution in [-0.4, -0.2) is 26.0 Å². The predicted molar refractivity (Wildman–Crippen MR) is 81.0 cm³/mol. The highest BCUT2D eigenvalue weighted by atomic mass is 32.2. The summed E-state index contributed by atoms with van der Waals surface area (Å²) in [5.41, 5.74) is 7.31. The van der Waals surface area contributed by atoms with Crippen molar-refractivity contribution in [3.63, 3.8) is 0 Å². The standard InChI is InChI=1S/C15H25NO2S/c1-4-19(17,18)12-8-11-14(16)15(2,3)13-9-6-5-7-10-13/h5-7,9-10,14H,4,8,11-12,16H2,1-3H3. The number of hydrogen-bond donors (Lipinski definition) is 1. The molecule has 1 rings (SSSR count). The summed E-state index contributed by atoms with van der Waals surface area (Å²) in [7, 11) is -2.88. The van der Waals surface area contributed by atoms with Crippen molar-refractivity contribution >= 4 is 9.84 Å². The molecule has 0 saturated heterocycles. The van der Waals surface area contributed by atoms with E-state index in [-0.39, 0.29) is 23.0 Å². The summed E-state index contributed by atoms with van der Waals surface area (Å²) in [4.78, 5) is 0. The summed E-state index contributed by atoms with van der Waals surface area (Å²) in [5.74, 6) is 0.451. The van der Waals surface area contributed by atoms with Crippen LogP contribution in [0.2, 0.25) is 0 Å². The van der Waals surface area contributed by atoms with E-state index < -0.39 is 9.84 Å². The summed E-state index contributed by atoms with van der Waals surface area (Å²) in [6.07, 6.45) is 1.36. The van der Waals surface area contributed by atoms with E-state index in [1.807, 2.05) is 18.2 Å². The maximum absolute atomic E-state index is 11.5. The van der Waals surface area contributed by atoms with Crippen LogP contribution in [0.5, 0.6) is 0 Å². The molecule has 0 spiro atoms. The van der Waals surface area contributed by atoms with Crippen LogP contribution >= 0.6 is 0 Å². The van der Waals surface area contributed by atoms with Crippen LogP contribution < -0.4 is 5.73 Å². The van der Waals surface area contributed by atoms with Gasteiger partial charge in [-0.2, -0.15) is 0 Å². The minimum Gasteiger partial charge on any atom is -0.327 e. The number of nitrogens with two attached hydrogens (primary N) is 1. The summed E-state index contributed by atoms with van der Waals surface area (Å²) < 4.78 is 22.9. The Balaban J connectivity index is 2.60. The Morgan fingerprint density at radius 1 is 1.21 bits per heavy atom. The molecule has 1 unspecified atom stereocenters. The summed E-state index contributed by atoms with van der Waals surface area (Å²) >= 11 is 0. The van der Waals surface area contributed by atoms with Crippen LogP contribution in [0, 0.1) is 0 Å². The SMILES string of the molecule is CCS(=O)(=O)CCCC(N)C(C)(C)c1ccccc1. The molecule has 108 valence electrons. The van der Waals surface area contributed by atoms with Crippen molar-refractivity contribution in [3.8, 4) is 0 Å². The van der Waals surface area contributed by atoms with Gasteiger partial charge in [0.2, 0.25) is 0 Å². The molecule has 2 N–H and O–H groups in total. The lowest BCUT2D eigenvalue weighted by atomic mass is 9.76. The molecule has 0 fully saturated rings. The minimum atomic E-state index is -2.88. The normalized spacial score (nSPS) is 14.3. The van der Waals surface area contributed by atoms with Gasteiger partial charge in [0, 0.05) is 17.2 Å². The van der Waals surface area contributed by atoms with Crippen molar-refractivity contribution in [2.24, 2.45) is 5.73 Å². The first-order valence-electron chi connectivity index (χ1n) is 6.81. The quantitative estimate of drug-likeness (QED) is 0.836. The molecule has 4 heteroatoms. The van der Waals surface area contributed by atoms with Crippen LogP contribution in [0.1, 0.15) is 39.2 Å². The first-order chi connectivity index (χ1) is 8.79. The first-order valence-corrected chi connectivity index (χ1v) is 8.63. The van der Waals surface area contributed by atoms with E-state index in [0.717, 1.165) is 6.42 Å². The number of rotatable bonds is 7. The topological polar surface area (TPSA) is 60.2 Å². The van der Waals surface area contributed by atoms with Crippen molar-refractivity contribution in [2.75, 3.05) is 11.5 Å². The van der Waals surface area contributed by atoms with Gasteiger partial charge in [-0.25, -0.2) is 8.42 Å². The van der Waals surface area contributed by atoms with Crippen LogP contribution in [0.3, 0.4) is 0 Å². The Hall–Kier alpha value is -0.870. The molecule has 0 amide bonds. The molecule has 0 heterocycles. The molecule has 1 atom stereocenters. The van der Waals surface area contributed by atoms with Crippen LogP contribution in [0.25, 0.3) is 0 Å². The minimum absolute atomic E-state index is 0.0399. The Bertz CT molecular complexity index is 480. The summed E-state index contributed by atoms with van der Waals surface area (Å²) in [6.45, 7) is 5.91. The number of hydrogen-bond acceptors (Lipinski definition) is 3. The molecule has 0 bridgehead atoms. The molecule has 1 aromatic rings. The van der Waals surface area contributed by atoms with E-state index in [2.05, 4.69) is 26.0 Å². The third kappa shape index (κ3) is 4.62. The van der Waals surface area contributed by atoms with E-state index in [4.69, 9.17) is 5.73 Å². The largest absolute Gasteiger partial charge is 0.327 e. The van der Waals surface area contributed by atoms with Gasteiger partial charge in [-0.15, -0.1) is 0 Å².